The SMILES string of the molecule is [2H]OC(=O)COC([2H])([2H])C([2H])([2H])N1C([2H])([2H])C([2H])([2H])N(C([2H])(c2cc([2H])cc([2H])c2)c2c([2H])c([2H])c(Cl)c([2H])c2[2H])C([2H])([2H])C1([2H])[2H]. The van der Waals surface area contributed by atoms with Gasteiger partial charge in [-0.3, -0.25) is 9.80 Å². The van der Waals surface area contributed by atoms with Crippen LogP contribution in [-0.2, 0) is 9.53 Å². The molecule has 1 atom stereocenters. The number of aliphatic carboxylic acids is 1. The predicted molar refractivity (Wildman–Crippen MR) is 106 cm³/mol. The Hall–Kier alpha value is -1.92. The molecule has 2 aromatic rings. The molecular formula is C21H25ClN2O3. The van der Waals surface area contributed by atoms with E-state index < -0.39 is 120 Å². The molecule has 0 aliphatic carbocycles. The fourth-order valence-corrected chi connectivity index (χ4v) is 1.98. The van der Waals surface area contributed by atoms with Gasteiger partial charge >= 0.3 is 5.97 Å². The van der Waals surface area contributed by atoms with Crippen molar-refractivity contribution in [3.8, 4) is 0 Å². The van der Waals surface area contributed by atoms with Crippen molar-refractivity contribution in [1.29, 1.82) is 1.43 Å². The quantitative estimate of drug-likeness (QED) is 0.727. The van der Waals surface area contributed by atoms with Crippen LogP contribution in [0.5, 0.6) is 0 Å². The smallest absolute Gasteiger partial charge is 0.329 e. The highest BCUT2D eigenvalue weighted by atomic mass is 35.5. The Bertz CT molecular complexity index is 1510. The van der Waals surface area contributed by atoms with E-state index in [0.717, 1.165) is 18.2 Å². The Morgan fingerprint density at radius 1 is 1.30 bits per heavy atom. The average Bonchev–Trinajstić information content (AvgIpc) is 2.91. The molecule has 6 heteroatoms. The van der Waals surface area contributed by atoms with Crippen molar-refractivity contribution in [2.45, 2.75) is 6.02 Å². The van der Waals surface area contributed by atoms with Crippen molar-refractivity contribution >= 4 is 17.6 Å². The molecule has 1 saturated heterocycles. The second-order valence-electron chi connectivity index (χ2n) is 4.75. The predicted octanol–water partition coefficient (Wildman–Crippen LogP) is 3.15. The maximum atomic E-state index is 11.4. The minimum absolute atomic E-state index is 0.472. The molecule has 1 heterocycles. The van der Waals surface area contributed by atoms with E-state index in [1.165, 1.54) is 0 Å². The van der Waals surface area contributed by atoms with Crippen molar-refractivity contribution in [3.05, 3.63) is 70.6 Å². The zero-order valence-electron chi connectivity index (χ0n) is 33.4. The Balaban J connectivity index is 2.52. The Kier molecular flexibility index (Phi) is 2.39. The molecule has 27 heavy (non-hydrogen) atoms. The van der Waals surface area contributed by atoms with Crippen LogP contribution < -0.4 is 0 Å². The molecule has 144 valence electrons. The van der Waals surface area contributed by atoms with Gasteiger partial charge < -0.3 is 9.85 Å². The van der Waals surface area contributed by atoms with Gasteiger partial charge in [0.1, 0.15) is 6.61 Å². The lowest BCUT2D eigenvalue weighted by Crippen LogP contribution is -2.48. The summed E-state index contributed by atoms with van der Waals surface area (Å²) < 4.78 is 173. The number of hydrogen-bond acceptors (Lipinski definition) is 5. The first-order valence-corrected chi connectivity index (χ1v) is 7.65. The number of benzene rings is 2. The number of carbonyl (C=O) groups is 1. The summed E-state index contributed by atoms with van der Waals surface area (Å²) in [7, 11) is 0. The van der Waals surface area contributed by atoms with E-state index in [4.69, 9.17) is 37.7 Å². The summed E-state index contributed by atoms with van der Waals surface area (Å²) in [5, 5.41) is 2.76. The molecule has 1 fully saturated rings. The number of ether oxygens (including phenoxy) is 1. The Morgan fingerprint density at radius 3 is 2.67 bits per heavy atom. The van der Waals surface area contributed by atoms with Gasteiger partial charge in [0.05, 0.1) is 24.9 Å². The van der Waals surface area contributed by atoms with Crippen molar-refractivity contribution in [2.24, 2.45) is 0 Å². The van der Waals surface area contributed by atoms with E-state index >= 15 is 0 Å². The summed E-state index contributed by atoms with van der Waals surface area (Å²) in [4.78, 5) is 10.1. The van der Waals surface area contributed by atoms with Gasteiger partial charge in [0.25, 0.3) is 1.43 Å². The molecule has 1 N–H and O–H groups in total. The molecule has 0 aromatic heterocycles. The molecular weight excluding hydrogens is 364 g/mol. The normalized spacial score (nSPS) is 37.2. The van der Waals surface area contributed by atoms with Gasteiger partial charge in [0, 0.05) is 51.2 Å². The number of piperazine rings is 1. The van der Waals surface area contributed by atoms with Gasteiger partial charge in [-0.15, -0.1) is 0 Å². The highest BCUT2D eigenvalue weighted by Crippen LogP contribution is 2.30. The Labute approximate surface area is 193 Å². The van der Waals surface area contributed by atoms with Gasteiger partial charge in [-0.1, -0.05) is 54.0 Å². The third kappa shape index (κ3) is 5.78. The van der Waals surface area contributed by atoms with E-state index in [1.54, 1.807) is 0 Å². The van der Waals surface area contributed by atoms with Crippen LogP contribution >= 0.6 is 11.6 Å². The first-order valence-electron chi connectivity index (χ1n) is 17.2. The highest BCUT2D eigenvalue weighted by molar-refractivity contribution is 6.30. The second-order valence-corrected chi connectivity index (χ2v) is 5.13. The maximum absolute atomic E-state index is 11.4. The first kappa shape index (κ1) is 6.56. The van der Waals surface area contributed by atoms with Crippen LogP contribution in [0.4, 0.5) is 0 Å². The molecule has 1 aliphatic rings. The minimum atomic E-state index is -4.27. The molecule has 1 unspecified atom stereocenters. The lowest BCUT2D eigenvalue weighted by Gasteiger charge is -2.39. The molecule has 0 saturated carbocycles. The third-order valence-corrected chi connectivity index (χ3v) is 3.13. The number of nitrogens with zero attached hydrogens (tertiary/aromatic N) is 2. The summed E-state index contributed by atoms with van der Waals surface area (Å²) in [6.45, 7) is -26.6. The van der Waals surface area contributed by atoms with E-state index in [1.807, 2.05) is 0 Å². The molecule has 2 aromatic carbocycles. The number of hydrogen-bond donors (Lipinski definition) is 1. The number of carboxylic acid groups (broad SMARTS) is 1. The average molecular weight is 409 g/mol. The summed E-state index contributed by atoms with van der Waals surface area (Å²) >= 11 is 5.91. The van der Waals surface area contributed by atoms with E-state index in [-0.39, 0.29) is 0 Å². The third-order valence-electron chi connectivity index (χ3n) is 2.94. The van der Waals surface area contributed by atoms with Gasteiger partial charge in [-0.2, -0.15) is 0 Å². The lowest BCUT2D eigenvalue weighted by atomic mass is 9.96. The number of carboxylic acids is 1. The zero-order valence-corrected chi connectivity index (χ0v) is 14.2. The number of rotatable bonds is 8. The molecule has 0 amide bonds. The van der Waals surface area contributed by atoms with Crippen LogP contribution in [0.25, 0.3) is 1.43 Å². The van der Waals surface area contributed by atoms with Crippen molar-refractivity contribution in [1.82, 2.24) is 9.80 Å². The fraction of sp³-hybridized carbons (Fsp3) is 0.381. The lowest BCUT2D eigenvalue weighted by molar-refractivity contribution is -0.142. The van der Waals surface area contributed by atoms with Crippen molar-refractivity contribution in [3.63, 3.8) is 0 Å². The van der Waals surface area contributed by atoms with E-state index in [2.05, 4.69) is 9.85 Å². The van der Waals surface area contributed by atoms with E-state index in [0.29, 0.717) is 0 Å². The van der Waals surface area contributed by atoms with Crippen LogP contribution in [0, 0.1) is 0 Å². The summed E-state index contributed by atoms with van der Waals surface area (Å²) in [6.07, 6.45) is 0. The van der Waals surface area contributed by atoms with Gasteiger partial charge in [-0.05, 0) is 23.2 Å². The van der Waals surface area contributed by atoms with E-state index in [9.17, 15) is 6.17 Å². The largest absolute Gasteiger partial charge is 0.480 e. The second kappa shape index (κ2) is 9.85. The summed E-state index contributed by atoms with van der Waals surface area (Å²) in [5.41, 5.74) is -2.05. The zero-order chi connectivity index (χ0) is 36.7. The minimum Gasteiger partial charge on any atom is -0.480 e. The Morgan fingerprint density at radius 2 is 2.00 bits per heavy atom. The van der Waals surface area contributed by atoms with Crippen LogP contribution in [0.1, 0.15) is 43.2 Å². The molecule has 0 bridgehead atoms. The van der Waals surface area contributed by atoms with Crippen molar-refractivity contribution in [2.75, 3.05) is 45.7 Å². The van der Waals surface area contributed by atoms with Gasteiger partial charge in [0.15, 0.2) is 0 Å². The number of halogens is 1. The van der Waals surface area contributed by atoms with Gasteiger partial charge in [0.2, 0.25) is 0 Å². The monoisotopic (exact) mass is 408 g/mol. The maximum Gasteiger partial charge on any atom is 0.329 e. The van der Waals surface area contributed by atoms with Crippen LogP contribution in [0.15, 0.2) is 54.5 Å². The van der Waals surface area contributed by atoms with Crippen LogP contribution in [-0.4, -0.2) is 66.5 Å². The molecule has 3 rings (SSSR count). The van der Waals surface area contributed by atoms with Gasteiger partial charge in [-0.25, -0.2) is 4.79 Å². The molecule has 0 spiro atoms. The van der Waals surface area contributed by atoms with Crippen LogP contribution in [0.3, 0.4) is 0 Å². The van der Waals surface area contributed by atoms with Crippen LogP contribution in [0.2, 0.25) is 5.02 Å². The van der Waals surface area contributed by atoms with Crippen molar-refractivity contribution < 1.29 is 40.7 Å². The molecule has 5 nitrogen and oxygen atoms in total. The topological polar surface area (TPSA) is 53.0 Å². The molecule has 0 radical (unpaired) electrons. The molecule has 1 aliphatic heterocycles. The summed E-state index contributed by atoms with van der Waals surface area (Å²) in [6, 6.07) is -6.82. The standard InChI is InChI=1S/C21H25ClN2O3/c22-19-8-6-18(7-9-19)21(17-4-2-1-3-5-17)24-12-10-23(11-13-24)14-15-27-16-20(25)26/h1-9,21H,10-16H2,(H,25,26)/i2D,3D,6D,7D,8D,9D,10D2,11D2,12D2,13D2,14D2,15D2,21D/hD. The highest BCUT2D eigenvalue weighted by Gasteiger charge is 2.26. The fourth-order valence-electron chi connectivity index (χ4n) is 1.89. The summed E-state index contributed by atoms with van der Waals surface area (Å²) in [5.74, 6) is -1.57. The first-order chi connectivity index (χ1) is 21.0.